The topological polar surface area (TPSA) is 33.2 Å². The number of hydrogen-bond acceptors (Lipinski definition) is 3. The van der Waals surface area contributed by atoms with Gasteiger partial charge in [-0.05, 0) is 25.0 Å². The van der Waals surface area contributed by atoms with Crippen molar-refractivity contribution in [2.45, 2.75) is 65.2 Å². The van der Waals surface area contributed by atoms with E-state index < -0.39 is 0 Å². The maximum atomic E-state index is 13.1. The molecule has 1 aromatic heterocycles. The summed E-state index contributed by atoms with van der Waals surface area (Å²) in [5.41, 5.74) is 2.02. The van der Waals surface area contributed by atoms with Gasteiger partial charge in [0.05, 0.1) is 5.69 Å². The third kappa shape index (κ3) is 6.94. The number of hydrogen-bond donors (Lipinski definition) is 0. The van der Waals surface area contributed by atoms with Crippen molar-refractivity contribution in [2.75, 3.05) is 18.0 Å². The molecule has 28 heavy (non-hydrogen) atoms. The van der Waals surface area contributed by atoms with Crippen molar-refractivity contribution >= 4 is 23.1 Å². The Labute approximate surface area is 175 Å². The lowest BCUT2D eigenvalue weighted by Gasteiger charge is -2.26. The first kappa shape index (κ1) is 22.4. The molecule has 0 spiro atoms. The Hall–Kier alpha value is -1.87. The highest BCUT2D eigenvalue weighted by atomic mass is 35.5. The molecule has 0 aliphatic carbocycles. The monoisotopic (exact) mass is 400 g/mol. The minimum Gasteiger partial charge on any atom is -0.370 e. The minimum absolute atomic E-state index is 0.0646. The predicted molar refractivity (Wildman–Crippen MR) is 120 cm³/mol. The van der Waals surface area contributed by atoms with Gasteiger partial charge in [0, 0.05) is 18.7 Å². The Bertz CT molecular complexity index is 706. The van der Waals surface area contributed by atoms with Crippen LogP contribution in [-0.2, 0) is 0 Å². The lowest BCUT2D eigenvalue weighted by molar-refractivity contribution is 0.103. The Kier molecular flexibility index (Phi) is 10.1. The second-order valence-electron chi connectivity index (χ2n) is 7.31. The van der Waals surface area contributed by atoms with Crippen LogP contribution in [0.4, 0.5) is 5.69 Å². The molecular formula is C24H33ClN2O. The maximum Gasteiger partial charge on any atom is 0.213 e. The van der Waals surface area contributed by atoms with Gasteiger partial charge in [0.1, 0.15) is 10.8 Å². The zero-order chi connectivity index (χ0) is 20.2. The second-order valence-corrected chi connectivity index (χ2v) is 7.69. The molecule has 0 amide bonds. The maximum absolute atomic E-state index is 13.1. The number of carbonyl (C=O) groups is 1. The molecule has 4 heteroatoms. The van der Waals surface area contributed by atoms with E-state index in [-0.39, 0.29) is 5.78 Å². The summed E-state index contributed by atoms with van der Waals surface area (Å²) in [5.74, 6) is -0.0646. The molecule has 0 saturated heterocycles. The van der Waals surface area contributed by atoms with Crippen molar-refractivity contribution < 1.29 is 4.79 Å². The molecule has 0 N–H and O–H groups in total. The first-order chi connectivity index (χ1) is 13.7. The van der Waals surface area contributed by atoms with Gasteiger partial charge in [0.15, 0.2) is 0 Å². The molecule has 152 valence electrons. The Balaban J connectivity index is 2.25. The quantitative estimate of drug-likeness (QED) is 0.207. The molecule has 2 aromatic rings. The number of nitrogens with zero attached hydrogens (tertiary/aromatic N) is 2. The van der Waals surface area contributed by atoms with Gasteiger partial charge in [-0.25, -0.2) is 4.98 Å². The van der Waals surface area contributed by atoms with E-state index in [0.29, 0.717) is 16.4 Å². The summed E-state index contributed by atoms with van der Waals surface area (Å²) in [6.07, 6.45) is 9.62. The molecule has 1 heterocycles. The van der Waals surface area contributed by atoms with Crippen molar-refractivity contribution in [3.63, 3.8) is 0 Å². The van der Waals surface area contributed by atoms with Crippen LogP contribution in [0.1, 0.15) is 81.3 Å². The molecule has 1 aromatic carbocycles. The Morgan fingerprint density at radius 3 is 2.04 bits per heavy atom. The molecular weight excluding hydrogens is 368 g/mol. The number of unbranched alkanes of at least 4 members (excludes halogenated alkanes) is 6. The number of rotatable bonds is 13. The lowest BCUT2D eigenvalue weighted by Crippen LogP contribution is -2.28. The molecule has 0 atom stereocenters. The van der Waals surface area contributed by atoms with Crippen LogP contribution in [0.3, 0.4) is 0 Å². The van der Waals surface area contributed by atoms with Crippen LogP contribution in [0.25, 0.3) is 0 Å². The fourth-order valence-corrected chi connectivity index (χ4v) is 3.54. The standard InChI is InChI=1S/C24H33ClN2O/c1-3-5-7-12-18-27(19-13-8-6-4-2)21-16-17-22(25)26-23(21)24(28)20-14-10-9-11-15-20/h9-11,14-17H,3-8,12-13,18-19H2,1-2H3. The molecule has 0 fully saturated rings. The second kappa shape index (κ2) is 12.6. The third-order valence-corrected chi connectivity index (χ3v) is 5.21. The predicted octanol–water partition coefficient (Wildman–Crippen LogP) is 6.93. The van der Waals surface area contributed by atoms with Crippen molar-refractivity contribution in [3.05, 3.63) is 58.9 Å². The first-order valence-corrected chi connectivity index (χ1v) is 11.1. The smallest absolute Gasteiger partial charge is 0.213 e. The number of aromatic nitrogens is 1. The van der Waals surface area contributed by atoms with Crippen LogP contribution in [0.2, 0.25) is 5.15 Å². The molecule has 3 nitrogen and oxygen atoms in total. The normalized spacial score (nSPS) is 10.8. The van der Waals surface area contributed by atoms with Gasteiger partial charge in [-0.1, -0.05) is 94.3 Å². The van der Waals surface area contributed by atoms with Gasteiger partial charge >= 0.3 is 0 Å². The number of carbonyl (C=O) groups excluding carboxylic acids is 1. The van der Waals surface area contributed by atoms with E-state index in [9.17, 15) is 4.79 Å². The summed E-state index contributed by atoms with van der Waals surface area (Å²) < 4.78 is 0. The summed E-state index contributed by atoms with van der Waals surface area (Å²) >= 11 is 6.16. The number of pyridine rings is 1. The SMILES string of the molecule is CCCCCCN(CCCCCC)c1ccc(Cl)nc1C(=O)c1ccccc1. The Morgan fingerprint density at radius 1 is 0.857 bits per heavy atom. The van der Waals surface area contributed by atoms with E-state index >= 15 is 0 Å². The van der Waals surface area contributed by atoms with Crippen LogP contribution in [0.5, 0.6) is 0 Å². The number of benzene rings is 1. The largest absolute Gasteiger partial charge is 0.370 e. The van der Waals surface area contributed by atoms with Gasteiger partial charge in [-0.2, -0.15) is 0 Å². The number of anilines is 1. The highest BCUT2D eigenvalue weighted by Gasteiger charge is 2.20. The van der Waals surface area contributed by atoms with Crippen LogP contribution in [0, 0.1) is 0 Å². The zero-order valence-electron chi connectivity index (χ0n) is 17.3. The molecule has 2 rings (SSSR count). The van der Waals surface area contributed by atoms with Crippen LogP contribution < -0.4 is 4.90 Å². The van der Waals surface area contributed by atoms with Crippen molar-refractivity contribution in [3.8, 4) is 0 Å². The van der Waals surface area contributed by atoms with E-state index in [1.54, 1.807) is 6.07 Å². The minimum atomic E-state index is -0.0646. The van der Waals surface area contributed by atoms with Crippen molar-refractivity contribution in [1.29, 1.82) is 0 Å². The van der Waals surface area contributed by atoms with Gasteiger partial charge in [0.25, 0.3) is 0 Å². The molecule has 0 radical (unpaired) electrons. The zero-order valence-corrected chi connectivity index (χ0v) is 18.0. The Morgan fingerprint density at radius 2 is 1.46 bits per heavy atom. The van der Waals surface area contributed by atoms with Crippen LogP contribution >= 0.6 is 11.6 Å². The summed E-state index contributed by atoms with van der Waals surface area (Å²) in [6, 6.07) is 13.1. The molecule has 0 bridgehead atoms. The lowest BCUT2D eigenvalue weighted by atomic mass is 10.1. The summed E-state index contributed by atoms with van der Waals surface area (Å²) in [6.45, 7) is 6.35. The van der Waals surface area contributed by atoms with Gasteiger partial charge in [-0.15, -0.1) is 0 Å². The number of halogens is 1. The van der Waals surface area contributed by atoms with Gasteiger partial charge < -0.3 is 4.90 Å². The van der Waals surface area contributed by atoms with Crippen molar-refractivity contribution in [1.82, 2.24) is 4.98 Å². The van der Waals surface area contributed by atoms with Gasteiger partial charge in [-0.3, -0.25) is 4.79 Å². The van der Waals surface area contributed by atoms with E-state index in [1.807, 2.05) is 36.4 Å². The average molecular weight is 401 g/mol. The van der Waals surface area contributed by atoms with Crippen molar-refractivity contribution in [2.24, 2.45) is 0 Å². The van der Waals surface area contributed by atoms with E-state index in [0.717, 1.165) is 31.6 Å². The summed E-state index contributed by atoms with van der Waals surface area (Å²) in [5, 5.41) is 0.361. The summed E-state index contributed by atoms with van der Waals surface area (Å²) in [7, 11) is 0. The molecule has 0 aliphatic rings. The highest BCUT2D eigenvalue weighted by Crippen LogP contribution is 2.25. The van der Waals surface area contributed by atoms with Gasteiger partial charge in [0.2, 0.25) is 5.78 Å². The highest BCUT2D eigenvalue weighted by molar-refractivity contribution is 6.29. The fourth-order valence-electron chi connectivity index (χ4n) is 3.39. The summed E-state index contributed by atoms with van der Waals surface area (Å²) in [4.78, 5) is 19.9. The number of ketones is 1. The molecule has 0 saturated carbocycles. The average Bonchev–Trinajstić information content (AvgIpc) is 2.73. The van der Waals surface area contributed by atoms with E-state index in [1.165, 1.54) is 38.5 Å². The van der Waals surface area contributed by atoms with Crippen LogP contribution in [0.15, 0.2) is 42.5 Å². The molecule has 0 aliphatic heterocycles. The molecule has 0 unspecified atom stereocenters. The van der Waals surface area contributed by atoms with E-state index in [2.05, 4.69) is 23.7 Å². The first-order valence-electron chi connectivity index (χ1n) is 10.7. The van der Waals surface area contributed by atoms with Crippen LogP contribution in [-0.4, -0.2) is 23.9 Å². The fraction of sp³-hybridized carbons (Fsp3) is 0.500. The van der Waals surface area contributed by atoms with E-state index in [4.69, 9.17) is 11.6 Å². The third-order valence-electron chi connectivity index (χ3n) is 4.99.